The second-order valence-electron chi connectivity index (χ2n) is 5.20. The first-order valence-electron chi connectivity index (χ1n) is 8.00. The number of rotatable bonds is 10. The van der Waals surface area contributed by atoms with Crippen LogP contribution in [0.25, 0.3) is 12.2 Å². The van der Waals surface area contributed by atoms with E-state index in [1.54, 1.807) is 6.07 Å². The molecular formula is C20H24O6. The maximum atomic E-state index is 5.77. The summed E-state index contributed by atoms with van der Waals surface area (Å²) in [6.07, 6.45) is 2.19. The van der Waals surface area contributed by atoms with E-state index in [-0.39, 0.29) is 0 Å². The predicted octanol–water partition coefficient (Wildman–Crippen LogP) is 3.73. The van der Waals surface area contributed by atoms with Crippen molar-refractivity contribution < 1.29 is 28.4 Å². The smallest absolute Gasteiger partial charge is 0.416 e. The standard InChI is InChI=1S/C20H24O6/c1-21-19(22-2)26-20(23-3,24-4)25-18-12-8-11-17(15-18)14-13-16-9-6-5-7-10-16/h5-15,19H,1-4H3/b14-13+. The minimum absolute atomic E-state index is 0.495. The first-order valence-corrected chi connectivity index (χ1v) is 8.00. The van der Waals surface area contributed by atoms with Gasteiger partial charge < -0.3 is 14.2 Å². The molecule has 6 heteroatoms. The zero-order valence-corrected chi connectivity index (χ0v) is 15.4. The summed E-state index contributed by atoms with van der Waals surface area (Å²) in [7, 11) is 5.65. The number of benzene rings is 2. The molecule has 0 radical (unpaired) electrons. The van der Waals surface area contributed by atoms with E-state index in [9.17, 15) is 0 Å². The van der Waals surface area contributed by atoms with Crippen molar-refractivity contribution >= 4 is 12.2 Å². The normalized spacial score (nSPS) is 12.0. The third-order valence-corrected chi connectivity index (χ3v) is 3.49. The molecule has 0 amide bonds. The van der Waals surface area contributed by atoms with Crippen LogP contribution in [0.1, 0.15) is 11.1 Å². The molecule has 2 rings (SSSR count). The number of ether oxygens (including phenoxy) is 6. The fraction of sp³-hybridized carbons (Fsp3) is 0.300. The van der Waals surface area contributed by atoms with Crippen molar-refractivity contribution in [3.63, 3.8) is 0 Å². The van der Waals surface area contributed by atoms with E-state index in [2.05, 4.69) is 0 Å². The van der Waals surface area contributed by atoms with Crippen LogP contribution >= 0.6 is 0 Å². The van der Waals surface area contributed by atoms with Crippen LogP contribution < -0.4 is 4.74 Å². The molecule has 2 aromatic rings. The van der Waals surface area contributed by atoms with Crippen LogP contribution in [0, 0.1) is 0 Å². The average Bonchev–Trinajstić information content (AvgIpc) is 2.70. The highest BCUT2D eigenvalue weighted by Crippen LogP contribution is 2.25. The second-order valence-corrected chi connectivity index (χ2v) is 5.20. The van der Waals surface area contributed by atoms with Crippen LogP contribution in [-0.4, -0.2) is 41.1 Å². The minimum Gasteiger partial charge on any atom is -0.416 e. The minimum atomic E-state index is -1.81. The van der Waals surface area contributed by atoms with Gasteiger partial charge in [0.05, 0.1) is 0 Å². The van der Waals surface area contributed by atoms with E-state index >= 15 is 0 Å². The maximum Gasteiger partial charge on any atom is 0.464 e. The van der Waals surface area contributed by atoms with Gasteiger partial charge in [-0.2, -0.15) is 0 Å². The molecule has 0 atom stereocenters. The number of hydrogen-bond donors (Lipinski definition) is 0. The molecule has 0 aromatic heterocycles. The lowest BCUT2D eigenvalue weighted by molar-refractivity contribution is -0.509. The summed E-state index contributed by atoms with van der Waals surface area (Å²) in [6.45, 7) is -1.02. The van der Waals surface area contributed by atoms with Crippen molar-refractivity contribution in [1.82, 2.24) is 0 Å². The number of hydrogen-bond acceptors (Lipinski definition) is 6. The Hall–Kier alpha value is -2.22. The van der Waals surface area contributed by atoms with Crippen molar-refractivity contribution in [3.05, 3.63) is 65.7 Å². The highest BCUT2D eigenvalue weighted by Gasteiger charge is 2.38. The molecule has 0 N–H and O–H groups in total. The van der Waals surface area contributed by atoms with Crippen LogP contribution in [0.4, 0.5) is 0 Å². The molecular weight excluding hydrogens is 336 g/mol. The third-order valence-electron chi connectivity index (χ3n) is 3.49. The topological polar surface area (TPSA) is 55.4 Å². The van der Waals surface area contributed by atoms with E-state index in [1.165, 1.54) is 28.4 Å². The molecule has 0 aliphatic rings. The molecule has 0 bridgehead atoms. The van der Waals surface area contributed by atoms with Gasteiger partial charge in [-0.1, -0.05) is 54.6 Å². The predicted molar refractivity (Wildman–Crippen MR) is 98.1 cm³/mol. The van der Waals surface area contributed by atoms with E-state index in [4.69, 9.17) is 28.4 Å². The molecule has 0 saturated carbocycles. The Morgan fingerprint density at radius 3 is 2.00 bits per heavy atom. The van der Waals surface area contributed by atoms with Crippen LogP contribution in [0.15, 0.2) is 54.6 Å². The zero-order chi connectivity index (χ0) is 18.8. The highest BCUT2D eigenvalue weighted by atomic mass is 17.1. The van der Waals surface area contributed by atoms with Gasteiger partial charge in [0, 0.05) is 28.4 Å². The summed E-state index contributed by atoms with van der Waals surface area (Å²) >= 11 is 0. The lowest BCUT2D eigenvalue weighted by Crippen LogP contribution is -2.47. The third kappa shape index (κ3) is 5.66. The van der Waals surface area contributed by atoms with Crippen molar-refractivity contribution in [3.8, 4) is 5.75 Å². The first-order chi connectivity index (χ1) is 12.6. The summed E-state index contributed by atoms with van der Waals surface area (Å²) in [4.78, 5) is 0. The molecule has 0 fully saturated rings. The molecule has 26 heavy (non-hydrogen) atoms. The van der Waals surface area contributed by atoms with Gasteiger partial charge in [-0.3, -0.25) is 9.47 Å². The summed E-state index contributed by atoms with van der Waals surface area (Å²) < 4.78 is 31.8. The average molecular weight is 360 g/mol. The maximum absolute atomic E-state index is 5.77. The van der Waals surface area contributed by atoms with Gasteiger partial charge in [-0.25, -0.2) is 4.74 Å². The zero-order valence-electron chi connectivity index (χ0n) is 15.4. The second kappa shape index (κ2) is 10.1. The molecule has 140 valence electrons. The molecule has 0 spiro atoms. The Kier molecular flexibility index (Phi) is 7.77. The van der Waals surface area contributed by atoms with Gasteiger partial charge in [0.1, 0.15) is 5.75 Å². The van der Waals surface area contributed by atoms with Gasteiger partial charge in [0.25, 0.3) is 6.48 Å². The van der Waals surface area contributed by atoms with Gasteiger partial charge in [-0.15, -0.1) is 0 Å². The fourth-order valence-corrected chi connectivity index (χ4v) is 2.18. The summed E-state index contributed by atoms with van der Waals surface area (Å²) in [6, 6.07) is 17.4. The monoisotopic (exact) mass is 360 g/mol. The molecule has 0 aliphatic carbocycles. The van der Waals surface area contributed by atoms with Gasteiger partial charge >= 0.3 is 6.16 Å². The molecule has 0 heterocycles. The first kappa shape index (κ1) is 20.1. The van der Waals surface area contributed by atoms with Crippen LogP contribution in [0.3, 0.4) is 0 Å². The Morgan fingerprint density at radius 1 is 0.769 bits per heavy atom. The van der Waals surface area contributed by atoms with Gasteiger partial charge in [0.15, 0.2) is 0 Å². The van der Waals surface area contributed by atoms with Crippen molar-refractivity contribution in [1.29, 1.82) is 0 Å². The van der Waals surface area contributed by atoms with E-state index in [0.717, 1.165) is 11.1 Å². The number of methoxy groups -OCH3 is 4. The molecule has 0 aliphatic heterocycles. The summed E-state index contributed by atoms with van der Waals surface area (Å²) in [5, 5.41) is 0. The van der Waals surface area contributed by atoms with Crippen molar-refractivity contribution in [2.45, 2.75) is 12.6 Å². The highest BCUT2D eigenvalue weighted by molar-refractivity contribution is 5.70. The van der Waals surface area contributed by atoms with Gasteiger partial charge in [-0.05, 0) is 23.3 Å². The van der Waals surface area contributed by atoms with Crippen LogP contribution in [-0.2, 0) is 23.7 Å². The van der Waals surface area contributed by atoms with Gasteiger partial charge in [0.2, 0.25) is 0 Å². The van der Waals surface area contributed by atoms with Crippen LogP contribution in [0.2, 0.25) is 0 Å². The summed E-state index contributed by atoms with van der Waals surface area (Å²) in [5.74, 6) is 0.495. The van der Waals surface area contributed by atoms with E-state index in [1.807, 2.05) is 60.7 Å². The largest absolute Gasteiger partial charge is 0.464 e. The lowest BCUT2D eigenvalue weighted by Gasteiger charge is -2.31. The Labute approximate surface area is 153 Å². The summed E-state index contributed by atoms with van der Waals surface area (Å²) in [5.41, 5.74) is 2.05. The Balaban J connectivity index is 2.15. The quantitative estimate of drug-likeness (QED) is 0.475. The Bertz CT molecular complexity index is 678. The Morgan fingerprint density at radius 2 is 1.38 bits per heavy atom. The fourth-order valence-electron chi connectivity index (χ4n) is 2.18. The lowest BCUT2D eigenvalue weighted by atomic mass is 10.1. The molecule has 6 nitrogen and oxygen atoms in total. The molecule has 2 aromatic carbocycles. The van der Waals surface area contributed by atoms with E-state index in [0.29, 0.717) is 5.75 Å². The van der Waals surface area contributed by atoms with E-state index < -0.39 is 12.6 Å². The van der Waals surface area contributed by atoms with Crippen LogP contribution in [0.5, 0.6) is 5.75 Å². The van der Waals surface area contributed by atoms with Crippen molar-refractivity contribution in [2.24, 2.45) is 0 Å². The SMILES string of the molecule is COC(OC)OC(OC)(OC)Oc1cccc(/C=C/c2ccccc2)c1. The van der Waals surface area contributed by atoms with Crippen molar-refractivity contribution in [2.75, 3.05) is 28.4 Å². The molecule has 0 saturated heterocycles. The molecule has 0 unspecified atom stereocenters.